The van der Waals surface area contributed by atoms with Crippen LogP contribution in [-0.4, -0.2) is 35.8 Å². The van der Waals surface area contributed by atoms with Gasteiger partial charge < -0.3 is 9.69 Å². The Hall–Kier alpha value is -1.91. The lowest BCUT2D eigenvalue weighted by molar-refractivity contribution is -0.115. The maximum absolute atomic E-state index is 13.8. The minimum absolute atomic E-state index is 0.263. The van der Waals surface area contributed by atoms with Gasteiger partial charge in [-0.2, -0.15) is 0 Å². The van der Waals surface area contributed by atoms with Gasteiger partial charge in [0.2, 0.25) is 0 Å². The standard InChI is InChI=1S/C14H17FN2O2/c1-14(2,10-18)17-9-5-8-16(13(17)19)12-7-4-3-6-11(12)15/h3-4,6-7,10H,5,8-9H2,1-2H3. The highest BCUT2D eigenvalue weighted by molar-refractivity contribution is 5.95. The molecule has 5 heteroatoms. The molecule has 0 saturated carbocycles. The summed E-state index contributed by atoms with van der Waals surface area (Å²) in [6.07, 6.45) is 1.45. The van der Waals surface area contributed by atoms with Gasteiger partial charge in [-0.05, 0) is 32.4 Å². The number of halogens is 1. The number of anilines is 1. The lowest BCUT2D eigenvalue weighted by Crippen LogP contribution is -2.58. The zero-order valence-electron chi connectivity index (χ0n) is 11.1. The predicted octanol–water partition coefficient (Wildman–Crippen LogP) is 2.44. The van der Waals surface area contributed by atoms with Crippen LogP contribution in [-0.2, 0) is 4.79 Å². The molecule has 0 N–H and O–H groups in total. The first-order valence-corrected chi connectivity index (χ1v) is 6.27. The number of nitrogens with zero attached hydrogens (tertiary/aromatic N) is 2. The van der Waals surface area contributed by atoms with E-state index < -0.39 is 11.4 Å². The van der Waals surface area contributed by atoms with Crippen molar-refractivity contribution in [2.45, 2.75) is 25.8 Å². The number of urea groups is 1. The highest BCUT2D eigenvalue weighted by Gasteiger charge is 2.37. The van der Waals surface area contributed by atoms with Crippen LogP contribution in [0.5, 0.6) is 0 Å². The van der Waals surface area contributed by atoms with Gasteiger partial charge in [0, 0.05) is 13.1 Å². The van der Waals surface area contributed by atoms with E-state index >= 15 is 0 Å². The van der Waals surface area contributed by atoms with Crippen molar-refractivity contribution in [3.05, 3.63) is 30.1 Å². The summed E-state index contributed by atoms with van der Waals surface area (Å²) in [5.74, 6) is -0.429. The van der Waals surface area contributed by atoms with Crippen LogP contribution in [0.4, 0.5) is 14.9 Å². The number of carbonyl (C=O) groups is 2. The third-order valence-electron chi connectivity index (χ3n) is 3.35. The average molecular weight is 264 g/mol. The van der Waals surface area contributed by atoms with Crippen molar-refractivity contribution >= 4 is 18.0 Å². The minimum atomic E-state index is -0.874. The zero-order chi connectivity index (χ0) is 14.0. The third kappa shape index (κ3) is 2.45. The van der Waals surface area contributed by atoms with Crippen molar-refractivity contribution in [1.29, 1.82) is 0 Å². The summed E-state index contributed by atoms with van der Waals surface area (Å²) in [4.78, 5) is 26.4. The first kappa shape index (κ1) is 13.5. The summed E-state index contributed by atoms with van der Waals surface area (Å²) in [5, 5.41) is 0. The van der Waals surface area contributed by atoms with E-state index in [4.69, 9.17) is 0 Å². The average Bonchev–Trinajstić information content (AvgIpc) is 2.40. The molecule has 1 aromatic carbocycles. The molecule has 102 valence electrons. The Morgan fingerprint density at radius 2 is 1.95 bits per heavy atom. The molecule has 2 rings (SSSR count). The van der Waals surface area contributed by atoms with Gasteiger partial charge in [0.25, 0.3) is 0 Å². The van der Waals surface area contributed by atoms with Crippen molar-refractivity contribution < 1.29 is 14.0 Å². The minimum Gasteiger partial charge on any atom is -0.312 e. The molecule has 0 unspecified atom stereocenters. The molecule has 0 spiro atoms. The molecule has 1 heterocycles. The number of benzene rings is 1. The molecule has 1 aliphatic rings. The van der Waals surface area contributed by atoms with Crippen molar-refractivity contribution in [2.75, 3.05) is 18.0 Å². The van der Waals surface area contributed by atoms with Gasteiger partial charge in [-0.1, -0.05) is 12.1 Å². The van der Waals surface area contributed by atoms with Crippen LogP contribution >= 0.6 is 0 Å². The molecule has 1 aromatic rings. The van der Waals surface area contributed by atoms with E-state index in [-0.39, 0.29) is 11.7 Å². The molecule has 0 aliphatic carbocycles. The molecule has 1 fully saturated rings. The molecule has 0 bridgehead atoms. The van der Waals surface area contributed by atoms with E-state index in [1.807, 2.05) is 0 Å². The Morgan fingerprint density at radius 3 is 2.58 bits per heavy atom. The van der Waals surface area contributed by atoms with E-state index in [0.29, 0.717) is 19.5 Å². The molecule has 0 aromatic heterocycles. The molecule has 1 aliphatic heterocycles. The Labute approximate surface area is 111 Å². The normalized spacial score (nSPS) is 16.7. The fourth-order valence-corrected chi connectivity index (χ4v) is 2.22. The van der Waals surface area contributed by atoms with Gasteiger partial charge in [0.15, 0.2) is 0 Å². The van der Waals surface area contributed by atoms with Crippen LogP contribution in [0.3, 0.4) is 0 Å². The Kier molecular flexibility index (Phi) is 3.55. The molecule has 1 saturated heterocycles. The SMILES string of the molecule is CC(C)(C=O)N1CCCN(c2ccccc2F)C1=O. The van der Waals surface area contributed by atoms with Gasteiger partial charge in [-0.25, -0.2) is 9.18 Å². The fraction of sp³-hybridized carbons (Fsp3) is 0.429. The summed E-state index contributed by atoms with van der Waals surface area (Å²) in [6, 6.07) is 5.85. The Bertz CT molecular complexity index is 502. The maximum atomic E-state index is 13.8. The summed E-state index contributed by atoms with van der Waals surface area (Å²) < 4.78 is 13.8. The molecule has 2 amide bonds. The van der Waals surface area contributed by atoms with Crippen LogP contribution in [0.15, 0.2) is 24.3 Å². The number of rotatable bonds is 3. The number of carbonyl (C=O) groups excluding carboxylic acids is 2. The number of hydrogen-bond donors (Lipinski definition) is 0. The first-order valence-electron chi connectivity index (χ1n) is 6.27. The van der Waals surface area contributed by atoms with Gasteiger partial charge >= 0.3 is 6.03 Å². The van der Waals surface area contributed by atoms with Crippen molar-refractivity contribution in [3.63, 3.8) is 0 Å². The smallest absolute Gasteiger partial charge is 0.312 e. The summed E-state index contributed by atoms with van der Waals surface area (Å²) in [7, 11) is 0. The fourth-order valence-electron chi connectivity index (χ4n) is 2.22. The summed E-state index contributed by atoms with van der Waals surface area (Å²) >= 11 is 0. The van der Waals surface area contributed by atoms with E-state index in [1.54, 1.807) is 32.0 Å². The molecular formula is C14H17FN2O2. The second kappa shape index (κ2) is 4.99. The van der Waals surface area contributed by atoms with Gasteiger partial charge in [-0.3, -0.25) is 4.90 Å². The van der Waals surface area contributed by atoms with Crippen molar-refractivity contribution in [1.82, 2.24) is 4.90 Å². The quantitative estimate of drug-likeness (QED) is 0.787. The Balaban J connectivity index is 2.32. The topological polar surface area (TPSA) is 40.6 Å². The van der Waals surface area contributed by atoms with E-state index in [1.165, 1.54) is 15.9 Å². The first-order chi connectivity index (χ1) is 8.97. The summed E-state index contributed by atoms with van der Waals surface area (Å²) in [6.45, 7) is 4.34. The van der Waals surface area contributed by atoms with E-state index in [0.717, 1.165) is 6.29 Å². The van der Waals surface area contributed by atoms with Crippen molar-refractivity contribution in [3.8, 4) is 0 Å². The molecule has 0 radical (unpaired) electrons. The van der Waals surface area contributed by atoms with Crippen LogP contribution in [0, 0.1) is 5.82 Å². The number of aldehydes is 1. The van der Waals surface area contributed by atoms with Crippen molar-refractivity contribution in [2.24, 2.45) is 0 Å². The second-order valence-electron chi connectivity index (χ2n) is 5.16. The number of amides is 2. The van der Waals surface area contributed by atoms with Gasteiger partial charge in [0.05, 0.1) is 11.2 Å². The molecule has 4 nitrogen and oxygen atoms in total. The van der Waals surface area contributed by atoms with E-state index in [9.17, 15) is 14.0 Å². The van der Waals surface area contributed by atoms with Crippen LogP contribution in [0.2, 0.25) is 0 Å². The predicted molar refractivity (Wildman–Crippen MR) is 70.6 cm³/mol. The number of hydrogen-bond acceptors (Lipinski definition) is 2. The van der Waals surface area contributed by atoms with Gasteiger partial charge in [-0.15, -0.1) is 0 Å². The zero-order valence-corrected chi connectivity index (χ0v) is 11.1. The van der Waals surface area contributed by atoms with Crippen LogP contribution in [0.25, 0.3) is 0 Å². The largest absolute Gasteiger partial charge is 0.325 e. The highest BCUT2D eigenvalue weighted by Crippen LogP contribution is 2.26. The molecular weight excluding hydrogens is 247 g/mol. The lowest BCUT2D eigenvalue weighted by atomic mass is 10.0. The van der Waals surface area contributed by atoms with Crippen LogP contribution < -0.4 is 4.90 Å². The second-order valence-corrected chi connectivity index (χ2v) is 5.16. The number of para-hydroxylation sites is 1. The van der Waals surface area contributed by atoms with Gasteiger partial charge in [0.1, 0.15) is 12.1 Å². The maximum Gasteiger partial charge on any atom is 0.325 e. The Morgan fingerprint density at radius 1 is 1.26 bits per heavy atom. The van der Waals surface area contributed by atoms with E-state index in [2.05, 4.69) is 0 Å². The summed E-state index contributed by atoms with van der Waals surface area (Å²) in [5.41, 5.74) is -0.611. The molecule has 19 heavy (non-hydrogen) atoms. The highest BCUT2D eigenvalue weighted by atomic mass is 19.1. The third-order valence-corrected chi connectivity index (χ3v) is 3.35. The van der Waals surface area contributed by atoms with Crippen LogP contribution in [0.1, 0.15) is 20.3 Å². The molecule has 0 atom stereocenters. The monoisotopic (exact) mass is 264 g/mol. The lowest BCUT2D eigenvalue weighted by Gasteiger charge is -2.42.